The Morgan fingerprint density at radius 3 is 2.70 bits per heavy atom. The Hall–Kier alpha value is -2.55. The highest BCUT2D eigenvalue weighted by atomic mass is 16.5. The molecule has 20 heavy (non-hydrogen) atoms. The van der Waals surface area contributed by atoms with E-state index in [1.54, 1.807) is 17.1 Å². The third kappa shape index (κ3) is 2.57. The van der Waals surface area contributed by atoms with Gasteiger partial charge in [-0.3, -0.25) is 9.80 Å². The van der Waals surface area contributed by atoms with Crippen molar-refractivity contribution in [2.75, 3.05) is 12.1 Å². The van der Waals surface area contributed by atoms with Gasteiger partial charge in [0.15, 0.2) is 0 Å². The number of nitriles is 1. The van der Waals surface area contributed by atoms with E-state index in [4.69, 9.17) is 10.00 Å². The number of carbonyl (C=O) groups excluding carboxylic acids is 1. The number of phenols is 1. The van der Waals surface area contributed by atoms with Crippen LogP contribution in [-0.2, 0) is 9.53 Å². The zero-order valence-electron chi connectivity index (χ0n) is 11.3. The SMILES string of the molecule is COC(=O)CC1C(C)C(C#N)=NN1c1ccc(O)cc1. The highest BCUT2D eigenvalue weighted by Gasteiger charge is 2.36. The number of hydrogen-bond acceptors (Lipinski definition) is 6. The lowest BCUT2D eigenvalue weighted by Crippen LogP contribution is -2.34. The molecule has 6 heteroatoms. The van der Waals surface area contributed by atoms with Crippen molar-refractivity contribution in [2.45, 2.75) is 19.4 Å². The summed E-state index contributed by atoms with van der Waals surface area (Å²) < 4.78 is 4.69. The summed E-state index contributed by atoms with van der Waals surface area (Å²) in [4.78, 5) is 11.5. The summed E-state index contributed by atoms with van der Waals surface area (Å²) >= 11 is 0. The quantitative estimate of drug-likeness (QED) is 0.846. The van der Waals surface area contributed by atoms with Gasteiger partial charge in [-0.15, -0.1) is 0 Å². The van der Waals surface area contributed by atoms with Gasteiger partial charge < -0.3 is 9.84 Å². The lowest BCUT2D eigenvalue weighted by molar-refractivity contribution is -0.141. The maximum Gasteiger partial charge on any atom is 0.307 e. The van der Waals surface area contributed by atoms with Crippen LogP contribution in [0.1, 0.15) is 13.3 Å². The first kappa shape index (κ1) is 13.9. The molecule has 0 saturated carbocycles. The van der Waals surface area contributed by atoms with Crippen LogP contribution < -0.4 is 5.01 Å². The summed E-state index contributed by atoms with van der Waals surface area (Å²) in [7, 11) is 1.33. The standard InChI is InChI=1S/C14H15N3O3/c1-9-12(8-15)16-17(13(9)7-14(19)20-2)10-3-5-11(18)6-4-10/h3-6,9,13,18H,7H2,1-2H3. The van der Waals surface area contributed by atoms with Crippen molar-refractivity contribution in [1.82, 2.24) is 0 Å². The van der Waals surface area contributed by atoms with Gasteiger partial charge in [0.2, 0.25) is 0 Å². The molecule has 104 valence electrons. The zero-order valence-corrected chi connectivity index (χ0v) is 11.3. The normalized spacial score (nSPS) is 21.2. The molecule has 0 aromatic heterocycles. The molecule has 0 aliphatic carbocycles. The number of methoxy groups -OCH3 is 1. The summed E-state index contributed by atoms with van der Waals surface area (Å²) in [5.41, 5.74) is 1.10. The minimum Gasteiger partial charge on any atom is -0.508 e. The van der Waals surface area contributed by atoms with Gasteiger partial charge in [-0.05, 0) is 24.3 Å². The second-order valence-electron chi connectivity index (χ2n) is 4.59. The molecule has 0 bridgehead atoms. The molecule has 0 spiro atoms. The molecule has 0 fully saturated rings. The first-order valence-corrected chi connectivity index (χ1v) is 6.20. The number of benzene rings is 1. The molecule has 1 aromatic carbocycles. The number of esters is 1. The Bertz CT molecular complexity index is 574. The van der Waals surface area contributed by atoms with Gasteiger partial charge in [-0.25, -0.2) is 0 Å². The van der Waals surface area contributed by atoms with Gasteiger partial charge in [0, 0.05) is 5.92 Å². The number of nitrogens with zero attached hydrogens (tertiary/aromatic N) is 3. The Labute approximate surface area is 116 Å². The van der Waals surface area contributed by atoms with Crippen molar-refractivity contribution in [1.29, 1.82) is 5.26 Å². The van der Waals surface area contributed by atoms with Gasteiger partial charge in [0.05, 0.1) is 25.3 Å². The lowest BCUT2D eigenvalue weighted by atomic mass is 9.95. The van der Waals surface area contributed by atoms with E-state index in [0.29, 0.717) is 11.4 Å². The Morgan fingerprint density at radius 1 is 1.50 bits per heavy atom. The van der Waals surface area contributed by atoms with Crippen LogP contribution in [-0.4, -0.2) is 29.9 Å². The molecular weight excluding hydrogens is 258 g/mol. The van der Waals surface area contributed by atoms with Gasteiger partial charge in [-0.2, -0.15) is 10.4 Å². The van der Waals surface area contributed by atoms with E-state index in [0.717, 1.165) is 0 Å². The fraction of sp³-hybridized carbons (Fsp3) is 0.357. The van der Waals surface area contributed by atoms with Crippen molar-refractivity contribution in [3.63, 3.8) is 0 Å². The Kier molecular flexibility index (Phi) is 3.89. The summed E-state index contributed by atoms with van der Waals surface area (Å²) in [6.45, 7) is 1.86. The van der Waals surface area contributed by atoms with E-state index < -0.39 is 0 Å². The minimum absolute atomic E-state index is 0.146. The molecule has 2 unspecified atom stereocenters. The summed E-state index contributed by atoms with van der Waals surface area (Å²) in [6, 6.07) is 8.25. The fourth-order valence-corrected chi connectivity index (χ4v) is 2.17. The zero-order chi connectivity index (χ0) is 14.7. The summed E-state index contributed by atoms with van der Waals surface area (Å²) in [5.74, 6) is -0.358. The predicted molar refractivity (Wildman–Crippen MR) is 73.2 cm³/mol. The third-order valence-electron chi connectivity index (χ3n) is 3.37. The van der Waals surface area contributed by atoms with Gasteiger partial charge in [0.25, 0.3) is 0 Å². The summed E-state index contributed by atoms with van der Waals surface area (Å²) in [6.07, 6.45) is 0.146. The van der Waals surface area contributed by atoms with Crippen molar-refractivity contribution < 1.29 is 14.6 Å². The fourth-order valence-electron chi connectivity index (χ4n) is 2.17. The number of hydrogen-bond donors (Lipinski definition) is 1. The van der Waals surface area contributed by atoms with E-state index in [1.807, 2.05) is 6.92 Å². The smallest absolute Gasteiger partial charge is 0.307 e. The van der Waals surface area contributed by atoms with Gasteiger partial charge in [-0.1, -0.05) is 6.92 Å². The largest absolute Gasteiger partial charge is 0.508 e. The molecule has 1 aliphatic heterocycles. The predicted octanol–water partition coefficient (Wildman–Crippen LogP) is 1.66. The topological polar surface area (TPSA) is 85.9 Å². The van der Waals surface area contributed by atoms with Crippen LogP contribution in [0.2, 0.25) is 0 Å². The van der Waals surface area contributed by atoms with Crippen molar-refractivity contribution >= 4 is 17.4 Å². The molecule has 1 heterocycles. The maximum atomic E-state index is 11.5. The molecule has 2 atom stereocenters. The molecule has 1 N–H and O–H groups in total. The number of ether oxygens (including phenoxy) is 1. The highest BCUT2D eigenvalue weighted by molar-refractivity contribution is 6.03. The van der Waals surface area contributed by atoms with E-state index >= 15 is 0 Å². The van der Waals surface area contributed by atoms with Crippen LogP contribution in [0.4, 0.5) is 5.69 Å². The number of phenolic OH excluding ortho intramolecular Hbond substituents is 1. The van der Waals surface area contributed by atoms with Crippen LogP contribution >= 0.6 is 0 Å². The first-order chi connectivity index (χ1) is 9.56. The average Bonchev–Trinajstić information content (AvgIpc) is 2.76. The molecule has 6 nitrogen and oxygen atoms in total. The Balaban J connectivity index is 2.31. The summed E-state index contributed by atoms with van der Waals surface area (Å²) in [5, 5.41) is 24.3. The van der Waals surface area contributed by atoms with Crippen LogP contribution in [0.25, 0.3) is 0 Å². The number of hydrazone groups is 1. The van der Waals surface area contributed by atoms with Crippen molar-refractivity contribution in [3.05, 3.63) is 24.3 Å². The van der Waals surface area contributed by atoms with E-state index in [1.165, 1.54) is 19.2 Å². The molecule has 0 radical (unpaired) electrons. The lowest BCUT2D eigenvalue weighted by Gasteiger charge is -2.25. The van der Waals surface area contributed by atoms with E-state index in [2.05, 4.69) is 11.2 Å². The second-order valence-corrected chi connectivity index (χ2v) is 4.59. The molecular formula is C14H15N3O3. The van der Waals surface area contributed by atoms with Crippen LogP contribution in [0.5, 0.6) is 5.75 Å². The first-order valence-electron chi connectivity index (χ1n) is 6.20. The molecule has 0 amide bonds. The minimum atomic E-state index is -0.347. The number of carbonyl (C=O) groups is 1. The molecule has 1 aliphatic rings. The molecule has 1 aromatic rings. The monoisotopic (exact) mass is 273 g/mol. The van der Waals surface area contributed by atoms with Crippen LogP contribution in [0, 0.1) is 17.2 Å². The van der Waals surface area contributed by atoms with Crippen LogP contribution in [0.15, 0.2) is 29.4 Å². The van der Waals surface area contributed by atoms with Crippen LogP contribution in [0.3, 0.4) is 0 Å². The van der Waals surface area contributed by atoms with E-state index in [9.17, 15) is 9.90 Å². The average molecular weight is 273 g/mol. The van der Waals surface area contributed by atoms with Crippen molar-refractivity contribution in [2.24, 2.45) is 11.0 Å². The Morgan fingerprint density at radius 2 is 2.15 bits per heavy atom. The maximum absolute atomic E-state index is 11.5. The molecule has 2 rings (SSSR count). The highest BCUT2D eigenvalue weighted by Crippen LogP contribution is 2.31. The van der Waals surface area contributed by atoms with Gasteiger partial charge >= 0.3 is 5.97 Å². The second kappa shape index (κ2) is 5.61. The number of aromatic hydroxyl groups is 1. The number of rotatable bonds is 3. The third-order valence-corrected chi connectivity index (χ3v) is 3.37. The molecule has 0 saturated heterocycles. The number of anilines is 1. The van der Waals surface area contributed by atoms with E-state index in [-0.39, 0.29) is 30.1 Å². The van der Waals surface area contributed by atoms with Crippen molar-refractivity contribution in [3.8, 4) is 11.8 Å². The van der Waals surface area contributed by atoms with Gasteiger partial charge in [0.1, 0.15) is 17.5 Å².